The summed E-state index contributed by atoms with van der Waals surface area (Å²) in [6, 6.07) is 3.96. The number of hydrogen-bond donors (Lipinski definition) is 2. The SMILES string of the molecule is Cc1ccc(CNc2nc(C(C)(C)C(=O)O)cs2)cn1. The summed E-state index contributed by atoms with van der Waals surface area (Å²) < 4.78 is 0. The average molecular weight is 291 g/mol. The number of aryl methyl sites for hydroxylation is 1. The van der Waals surface area contributed by atoms with Crippen molar-refractivity contribution in [1.82, 2.24) is 9.97 Å². The first-order chi connectivity index (χ1) is 9.39. The Bertz CT molecular complexity index is 605. The van der Waals surface area contributed by atoms with Crippen LogP contribution in [0.1, 0.15) is 30.8 Å². The van der Waals surface area contributed by atoms with Crippen molar-refractivity contribution in [3.63, 3.8) is 0 Å². The Hall–Kier alpha value is -1.95. The lowest BCUT2D eigenvalue weighted by atomic mass is 9.90. The van der Waals surface area contributed by atoms with Gasteiger partial charge in [0.05, 0.1) is 5.69 Å². The maximum atomic E-state index is 11.2. The summed E-state index contributed by atoms with van der Waals surface area (Å²) in [5, 5.41) is 14.9. The summed E-state index contributed by atoms with van der Waals surface area (Å²) in [7, 11) is 0. The van der Waals surface area contributed by atoms with E-state index in [-0.39, 0.29) is 0 Å². The molecule has 0 amide bonds. The summed E-state index contributed by atoms with van der Waals surface area (Å²) in [4.78, 5) is 19.7. The Morgan fingerprint density at radius 2 is 2.20 bits per heavy atom. The van der Waals surface area contributed by atoms with Crippen LogP contribution < -0.4 is 5.32 Å². The van der Waals surface area contributed by atoms with Gasteiger partial charge in [-0.15, -0.1) is 11.3 Å². The number of aliphatic carboxylic acids is 1. The summed E-state index contributed by atoms with van der Waals surface area (Å²) in [6.45, 7) is 5.86. The van der Waals surface area contributed by atoms with E-state index < -0.39 is 11.4 Å². The Kier molecular flexibility index (Phi) is 4.04. The minimum Gasteiger partial charge on any atom is -0.481 e. The zero-order valence-electron chi connectivity index (χ0n) is 11.7. The topological polar surface area (TPSA) is 75.1 Å². The minimum atomic E-state index is -0.970. The van der Waals surface area contributed by atoms with Crippen molar-refractivity contribution in [1.29, 1.82) is 0 Å². The van der Waals surface area contributed by atoms with Gasteiger partial charge in [-0.25, -0.2) is 4.98 Å². The molecule has 2 rings (SSSR count). The van der Waals surface area contributed by atoms with Gasteiger partial charge < -0.3 is 10.4 Å². The molecule has 0 aliphatic carbocycles. The van der Waals surface area contributed by atoms with Crippen LogP contribution >= 0.6 is 11.3 Å². The molecule has 0 bridgehead atoms. The van der Waals surface area contributed by atoms with Gasteiger partial charge in [-0.2, -0.15) is 0 Å². The molecular weight excluding hydrogens is 274 g/mol. The lowest BCUT2D eigenvalue weighted by Gasteiger charge is -2.15. The fourth-order valence-corrected chi connectivity index (χ4v) is 2.41. The third-order valence-corrected chi connectivity index (χ3v) is 3.90. The second-order valence-electron chi connectivity index (χ2n) is 5.13. The lowest BCUT2D eigenvalue weighted by molar-refractivity contribution is -0.142. The smallest absolute Gasteiger partial charge is 0.315 e. The first-order valence-electron chi connectivity index (χ1n) is 6.24. The number of hydrogen-bond acceptors (Lipinski definition) is 5. The maximum absolute atomic E-state index is 11.2. The predicted molar refractivity (Wildman–Crippen MR) is 79.1 cm³/mol. The monoisotopic (exact) mass is 291 g/mol. The van der Waals surface area contributed by atoms with Crippen LogP contribution in [0.25, 0.3) is 0 Å². The predicted octanol–water partition coefficient (Wildman–Crippen LogP) is 2.82. The number of nitrogens with zero attached hydrogens (tertiary/aromatic N) is 2. The van der Waals surface area contributed by atoms with Crippen LogP contribution in [-0.2, 0) is 16.8 Å². The molecular formula is C14H17N3O2S. The number of carbonyl (C=O) groups is 1. The zero-order valence-corrected chi connectivity index (χ0v) is 12.5. The van der Waals surface area contributed by atoms with Crippen molar-refractivity contribution in [2.75, 3.05) is 5.32 Å². The highest BCUT2D eigenvalue weighted by Gasteiger charge is 2.32. The van der Waals surface area contributed by atoms with Crippen LogP contribution in [0.4, 0.5) is 5.13 Å². The van der Waals surface area contributed by atoms with E-state index in [4.69, 9.17) is 0 Å². The van der Waals surface area contributed by atoms with Crippen LogP contribution in [-0.4, -0.2) is 21.0 Å². The molecule has 6 heteroatoms. The first kappa shape index (κ1) is 14.5. The van der Waals surface area contributed by atoms with E-state index in [0.29, 0.717) is 12.2 Å². The molecule has 0 aliphatic rings. The summed E-state index contributed by atoms with van der Waals surface area (Å²) in [6.07, 6.45) is 1.82. The normalized spacial score (nSPS) is 11.3. The maximum Gasteiger partial charge on any atom is 0.315 e. The van der Waals surface area contributed by atoms with Gasteiger partial charge >= 0.3 is 5.97 Å². The highest BCUT2D eigenvalue weighted by atomic mass is 32.1. The van der Waals surface area contributed by atoms with Gasteiger partial charge in [-0.3, -0.25) is 9.78 Å². The van der Waals surface area contributed by atoms with Crippen molar-refractivity contribution in [3.8, 4) is 0 Å². The Labute approximate surface area is 121 Å². The average Bonchev–Trinajstić information content (AvgIpc) is 2.87. The van der Waals surface area contributed by atoms with Crippen molar-refractivity contribution < 1.29 is 9.90 Å². The van der Waals surface area contributed by atoms with Crippen molar-refractivity contribution >= 4 is 22.4 Å². The van der Waals surface area contributed by atoms with Gasteiger partial charge in [0.25, 0.3) is 0 Å². The molecule has 0 unspecified atom stereocenters. The molecule has 0 aromatic carbocycles. The van der Waals surface area contributed by atoms with Crippen LogP contribution in [0.15, 0.2) is 23.7 Å². The van der Waals surface area contributed by atoms with Crippen LogP contribution in [0.3, 0.4) is 0 Å². The molecule has 2 aromatic heterocycles. The molecule has 5 nitrogen and oxygen atoms in total. The molecule has 0 saturated carbocycles. The third kappa shape index (κ3) is 3.14. The number of anilines is 1. The fourth-order valence-electron chi connectivity index (χ4n) is 1.53. The standard InChI is InChI=1S/C14H17N3O2S/c1-9-4-5-10(6-15-9)7-16-13-17-11(8-20-13)14(2,3)12(18)19/h4-6,8H,7H2,1-3H3,(H,16,17)(H,18,19). The minimum absolute atomic E-state index is 0.569. The van der Waals surface area contributed by atoms with Crippen LogP contribution in [0.2, 0.25) is 0 Å². The molecule has 0 saturated heterocycles. The third-order valence-electron chi connectivity index (χ3n) is 3.10. The van der Waals surface area contributed by atoms with Gasteiger partial charge in [-0.1, -0.05) is 6.07 Å². The van der Waals surface area contributed by atoms with Crippen LogP contribution in [0.5, 0.6) is 0 Å². The fraction of sp³-hybridized carbons (Fsp3) is 0.357. The first-order valence-corrected chi connectivity index (χ1v) is 7.12. The Balaban J connectivity index is 2.03. The van der Waals surface area contributed by atoms with E-state index in [2.05, 4.69) is 15.3 Å². The molecule has 2 aromatic rings. The van der Waals surface area contributed by atoms with E-state index >= 15 is 0 Å². The number of nitrogens with one attached hydrogen (secondary N) is 1. The van der Waals surface area contributed by atoms with E-state index in [1.807, 2.05) is 25.3 Å². The van der Waals surface area contributed by atoms with Gasteiger partial charge in [0, 0.05) is 23.8 Å². The molecule has 20 heavy (non-hydrogen) atoms. The zero-order chi connectivity index (χ0) is 14.8. The van der Waals surface area contributed by atoms with E-state index in [1.165, 1.54) is 11.3 Å². The van der Waals surface area contributed by atoms with E-state index in [9.17, 15) is 9.90 Å². The highest BCUT2D eigenvalue weighted by Crippen LogP contribution is 2.27. The van der Waals surface area contributed by atoms with Crippen molar-refractivity contribution in [3.05, 3.63) is 40.7 Å². The molecule has 2 N–H and O–H groups in total. The Morgan fingerprint density at radius 1 is 1.45 bits per heavy atom. The molecule has 0 spiro atoms. The van der Waals surface area contributed by atoms with Crippen LogP contribution in [0, 0.1) is 6.92 Å². The highest BCUT2D eigenvalue weighted by molar-refractivity contribution is 7.13. The largest absolute Gasteiger partial charge is 0.481 e. The summed E-state index contributed by atoms with van der Waals surface area (Å²) in [5.41, 5.74) is 1.64. The number of carboxylic acids is 1. The molecule has 2 heterocycles. The quantitative estimate of drug-likeness (QED) is 0.886. The second kappa shape index (κ2) is 5.58. The van der Waals surface area contributed by atoms with Crippen molar-refractivity contribution in [2.45, 2.75) is 32.7 Å². The molecule has 0 atom stereocenters. The molecule has 106 valence electrons. The van der Waals surface area contributed by atoms with E-state index in [1.54, 1.807) is 19.2 Å². The molecule has 0 radical (unpaired) electrons. The molecule has 0 fully saturated rings. The second-order valence-corrected chi connectivity index (χ2v) is 5.99. The number of aromatic nitrogens is 2. The van der Waals surface area contributed by atoms with E-state index in [0.717, 1.165) is 16.4 Å². The number of rotatable bonds is 5. The van der Waals surface area contributed by atoms with Gasteiger partial charge in [0.2, 0.25) is 0 Å². The number of thiazole rings is 1. The van der Waals surface area contributed by atoms with Gasteiger partial charge in [0.1, 0.15) is 5.41 Å². The van der Waals surface area contributed by atoms with Crippen molar-refractivity contribution in [2.24, 2.45) is 0 Å². The lowest BCUT2D eigenvalue weighted by Crippen LogP contribution is -2.28. The summed E-state index contributed by atoms with van der Waals surface area (Å²) in [5.74, 6) is -0.878. The van der Waals surface area contributed by atoms with Gasteiger partial charge in [0.15, 0.2) is 5.13 Å². The van der Waals surface area contributed by atoms with Gasteiger partial charge in [-0.05, 0) is 32.4 Å². The number of carboxylic acid groups (broad SMARTS) is 1. The number of pyridine rings is 1. The summed E-state index contributed by atoms with van der Waals surface area (Å²) >= 11 is 1.41. The Morgan fingerprint density at radius 3 is 2.80 bits per heavy atom. The molecule has 0 aliphatic heterocycles.